The second-order valence-electron chi connectivity index (χ2n) is 8.20. The van der Waals surface area contributed by atoms with Crippen LogP contribution in [0.15, 0.2) is 77.7 Å². The molecule has 2 aromatic heterocycles. The zero-order valence-electron chi connectivity index (χ0n) is 18.8. The van der Waals surface area contributed by atoms with E-state index >= 15 is 0 Å². The Morgan fingerprint density at radius 3 is 2.69 bits per heavy atom. The number of aromatic nitrogens is 3. The van der Waals surface area contributed by atoms with Gasteiger partial charge in [-0.1, -0.05) is 30.3 Å². The van der Waals surface area contributed by atoms with Gasteiger partial charge in [-0.2, -0.15) is 0 Å². The van der Waals surface area contributed by atoms with Gasteiger partial charge in [-0.3, -0.25) is 14.9 Å². The zero-order chi connectivity index (χ0) is 24.4. The van der Waals surface area contributed by atoms with Crippen LogP contribution in [0.3, 0.4) is 0 Å². The second-order valence-corrected chi connectivity index (χ2v) is 8.20. The number of ether oxygens (including phenoxy) is 1. The molecule has 0 spiro atoms. The zero-order valence-corrected chi connectivity index (χ0v) is 18.8. The van der Waals surface area contributed by atoms with Crippen molar-refractivity contribution < 1.29 is 9.66 Å². The fourth-order valence-electron chi connectivity index (χ4n) is 4.11. The van der Waals surface area contributed by atoms with E-state index in [1.807, 2.05) is 54.7 Å². The van der Waals surface area contributed by atoms with Crippen molar-refractivity contribution in [3.63, 3.8) is 0 Å². The minimum Gasteiger partial charge on any atom is -0.489 e. The molecule has 0 aliphatic heterocycles. The van der Waals surface area contributed by atoms with E-state index in [-0.39, 0.29) is 11.4 Å². The number of nitrogens with two attached hydrogens (primary N) is 1. The van der Waals surface area contributed by atoms with Crippen molar-refractivity contribution in [2.45, 2.75) is 19.6 Å². The average Bonchev–Trinajstić information content (AvgIpc) is 3.23. The van der Waals surface area contributed by atoms with E-state index < -0.39 is 10.5 Å². The summed E-state index contributed by atoms with van der Waals surface area (Å²) in [6.45, 7) is 1.65. The van der Waals surface area contributed by atoms with Crippen LogP contribution in [0.4, 0.5) is 5.69 Å². The molecule has 0 fully saturated rings. The molecule has 0 aliphatic carbocycles. The molecular weight excluding hydrogens is 446 g/mol. The number of fused-ring (bicyclic) bond motifs is 2. The van der Waals surface area contributed by atoms with Crippen LogP contribution in [0.2, 0.25) is 0 Å². The van der Waals surface area contributed by atoms with Gasteiger partial charge in [0.15, 0.2) is 0 Å². The van der Waals surface area contributed by atoms with Crippen LogP contribution in [0.5, 0.6) is 5.75 Å². The molecule has 3 aromatic carbocycles. The number of nitrogens with zero attached hydrogens (tertiary/aromatic N) is 3. The van der Waals surface area contributed by atoms with Gasteiger partial charge in [0, 0.05) is 41.3 Å². The number of non-ortho nitro benzene ring substituents is 1. The molecule has 0 amide bonds. The highest BCUT2D eigenvalue weighted by Crippen LogP contribution is 2.32. The topological polar surface area (TPSA) is 129 Å². The molecule has 0 unspecified atom stereocenters. The van der Waals surface area contributed by atoms with Crippen LogP contribution in [0.25, 0.3) is 33.2 Å². The SMILES string of the molecule is NCCCn1cc(-c2nc3ccc([N+](=O)[O-])cc3[nH]c2=O)c2cc(OCc3ccccc3)ccc21. The first-order valence-corrected chi connectivity index (χ1v) is 11.2. The van der Waals surface area contributed by atoms with Crippen LogP contribution in [0.1, 0.15) is 12.0 Å². The predicted octanol–water partition coefficient (Wildman–Crippen LogP) is 4.38. The highest BCUT2D eigenvalue weighted by atomic mass is 16.6. The van der Waals surface area contributed by atoms with E-state index in [1.165, 1.54) is 18.2 Å². The third-order valence-electron chi connectivity index (χ3n) is 5.85. The fourth-order valence-corrected chi connectivity index (χ4v) is 4.11. The first-order valence-electron chi connectivity index (χ1n) is 11.2. The number of rotatable bonds is 8. The highest BCUT2D eigenvalue weighted by molar-refractivity contribution is 5.96. The van der Waals surface area contributed by atoms with E-state index in [1.54, 1.807) is 0 Å². The van der Waals surface area contributed by atoms with Crippen molar-refractivity contribution in [3.05, 3.63) is 99.0 Å². The number of benzene rings is 3. The van der Waals surface area contributed by atoms with Gasteiger partial charge in [-0.25, -0.2) is 4.98 Å². The first-order chi connectivity index (χ1) is 17.0. The third kappa shape index (κ3) is 4.49. The number of H-pyrrole nitrogens is 1. The molecule has 5 rings (SSSR count). The van der Waals surface area contributed by atoms with Crippen LogP contribution in [-0.4, -0.2) is 26.0 Å². The Morgan fingerprint density at radius 1 is 1.09 bits per heavy atom. The molecule has 0 saturated heterocycles. The van der Waals surface area contributed by atoms with Crippen molar-refractivity contribution in [1.82, 2.24) is 14.5 Å². The smallest absolute Gasteiger partial charge is 0.275 e. The van der Waals surface area contributed by atoms with Crippen LogP contribution in [-0.2, 0) is 13.2 Å². The van der Waals surface area contributed by atoms with Crippen molar-refractivity contribution in [3.8, 4) is 17.0 Å². The molecular formula is C26H23N5O4. The molecule has 9 nitrogen and oxygen atoms in total. The van der Waals surface area contributed by atoms with E-state index in [0.717, 1.165) is 22.9 Å². The van der Waals surface area contributed by atoms with Crippen molar-refractivity contribution in [2.24, 2.45) is 5.73 Å². The number of nitro groups is 1. The van der Waals surface area contributed by atoms with Crippen LogP contribution in [0, 0.1) is 10.1 Å². The van der Waals surface area contributed by atoms with Gasteiger partial charge >= 0.3 is 0 Å². The average molecular weight is 470 g/mol. The number of aromatic amines is 1. The van der Waals surface area contributed by atoms with Crippen LogP contribution >= 0.6 is 0 Å². The molecule has 9 heteroatoms. The molecule has 3 N–H and O–H groups in total. The minimum atomic E-state index is -0.506. The Morgan fingerprint density at radius 2 is 1.91 bits per heavy atom. The first kappa shape index (κ1) is 22.3. The van der Waals surface area contributed by atoms with E-state index in [9.17, 15) is 14.9 Å². The number of aryl methyl sites for hydroxylation is 1. The highest BCUT2D eigenvalue weighted by Gasteiger charge is 2.17. The summed E-state index contributed by atoms with van der Waals surface area (Å²) in [7, 11) is 0. The van der Waals surface area contributed by atoms with Gasteiger partial charge in [-0.15, -0.1) is 0 Å². The molecule has 2 heterocycles. The quantitative estimate of drug-likeness (QED) is 0.256. The lowest BCUT2D eigenvalue weighted by Gasteiger charge is -2.08. The van der Waals surface area contributed by atoms with Gasteiger partial charge in [0.25, 0.3) is 11.2 Å². The van der Waals surface area contributed by atoms with E-state index in [0.29, 0.717) is 42.0 Å². The van der Waals surface area contributed by atoms with Gasteiger partial charge in [-0.05, 0) is 42.8 Å². The Hall–Kier alpha value is -4.50. The Balaban J connectivity index is 1.60. The monoisotopic (exact) mass is 469 g/mol. The molecule has 0 atom stereocenters. The maximum Gasteiger partial charge on any atom is 0.275 e. The van der Waals surface area contributed by atoms with E-state index in [2.05, 4.69) is 14.5 Å². The summed E-state index contributed by atoms with van der Waals surface area (Å²) in [6, 6.07) is 19.9. The second kappa shape index (κ2) is 9.40. The summed E-state index contributed by atoms with van der Waals surface area (Å²) in [5.74, 6) is 0.673. The van der Waals surface area contributed by atoms with Crippen LogP contribution < -0.4 is 16.0 Å². The number of hydrogen-bond acceptors (Lipinski definition) is 6. The van der Waals surface area contributed by atoms with E-state index in [4.69, 9.17) is 10.5 Å². The lowest BCUT2D eigenvalue weighted by Crippen LogP contribution is -2.11. The lowest BCUT2D eigenvalue weighted by molar-refractivity contribution is -0.384. The number of nitro benzene ring substituents is 1. The molecule has 0 aliphatic rings. The van der Waals surface area contributed by atoms with Crippen molar-refractivity contribution in [2.75, 3.05) is 6.54 Å². The Kier molecular flexibility index (Phi) is 5.99. The molecule has 5 aromatic rings. The summed E-state index contributed by atoms with van der Waals surface area (Å²) < 4.78 is 8.07. The molecule has 0 radical (unpaired) electrons. The molecule has 35 heavy (non-hydrogen) atoms. The normalized spacial score (nSPS) is 11.2. The maximum atomic E-state index is 13.0. The van der Waals surface area contributed by atoms with Gasteiger partial charge in [0.05, 0.1) is 16.0 Å². The summed E-state index contributed by atoms with van der Waals surface area (Å²) in [6.07, 6.45) is 2.68. The van der Waals surface area contributed by atoms with Gasteiger partial charge in [0.1, 0.15) is 18.1 Å². The summed E-state index contributed by atoms with van der Waals surface area (Å²) in [4.78, 5) is 30.9. The predicted molar refractivity (Wildman–Crippen MR) is 134 cm³/mol. The largest absolute Gasteiger partial charge is 0.489 e. The fraction of sp³-hybridized carbons (Fsp3) is 0.154. The number of nitrogens with one attached hydrogen (secondary N) is 1. The molecule has 176 valence electrons. The molecule has 0 bridgehead atoms. The lowest BCUT2D eigenvalue weighted by atomic mass is 10.1. The summed E-state index contributed by atoms with van der Waals surface area (Å²) in [5.41, 5.74) is 8.85. The van der Waals surface area contributed by atoms with Crippen molar-refractivity contribution >= 4 is 27.6 Å². The molecule has 0 saturated carbocycles. The standard InChI is InChI=1S/C26H23N5O4/c27-11-4-12-30-15-21(25-26(32)29-23-13-18(31(33)34)7-9-22(23)28-25)20-14-19(8-10-24(20)30)35-16-17-5-2-1-3-6-17/h1-3,5-10,13-15H,4,11-12,16,27H2,(H,29,32). The Bertz CT molecular complexity index is 1590. The van der Waals surface area contributed by atoms with Crippen molar-refractivity contribution in [1.29, 1.82) is 0 Å². The Labute approximate surface area is 199 Å². The minimum absolute atomic E-state index is 0.110. The van der Waals surface area contributed by atoms with Gasteiger partial charge in [0.2, 0.25) is 0 Å². The van der Waals surface area contributed by atoms with Gasteiger partial charge < -0.3 is 20.0 Å². The summed E-state index contributed by atoms with van der Waals surface area (Å²) >= 11 is 0. The number of hydrogen-bond donors (Lipinski definition) is 2. The summed E-state index contributed by atoms with van der Waals surface area (Å²) in [5, 5.41) is 11.9. The third-order valence-corrected chi connectivity index (χ3v) is 5.85. The maximum absolute atomic E-state index is 13.0.